The van der Waals surface area contributed by atoms with Crippen molar-refractivity contribution in [3.63, 3.8) is 0 Å². The molecule has 0 fully saturated rings. The molecular weight excluding hydrogens is 162 g/mol. The van der Waals surface area contributed by atoms with Crippen LogP contribution in [0.2, 0.25) is 0 Å². The Morgan fingerprint density at radius 3 is 2.77 bits per heavy atom. The van der Waals surface area contributed by atoms with E-state index < -0.39 is 0 Å². The summed E-state index contributed by atoms with van der Waals surface area (Å²) in [7, 11) is 3.67. The Morgan fingerprint density at radius 2 is 2.23 bits per heavy atom. The van der Waals surface area contributed by atoms with Gasteiger partial charge in [0.05, 0.1) is 6.21 Å². The average molecular weight is 177 g/mol. The van der Waals surface area contributed by atoms with Gasteiger partial charge in [-0.05, 0) is 19.9 Å². The summed E-state index contributed by atoms with van der Waals surface area (Å²) in [5.41, 5.74) is 2.33. The van der Waals surface area contributed by atoms with Crippen molar-refractivity contribution in [2.45, 2.75) is 13.8 Å². The van der Waals surface area contributed by atoms with Gasteiger partial charge in [-0.3, -0.25) is 10.0 Å². The van der Waals surface area contributed by atoms with Gasteiger partial charge in [0.25, 0.3) is 0 Å². The number of hydrogen-bond acceptors (Lipinski definition) is 2. The second-order valence-corrected chi connectivity index (χ2v) is 3.18. The third kappa shape index (κ3) is 2.28. The summed E-state index contributed by atoms with van der Waals surface area (Å²) in [6, 6.07) is 0. The van der Waals surface area contributed by atoms with E-state index in [0.717, 1.165) is 11.4 Å². The molecule has 0 bridgehead atoms. The number of hydrogen-bond donors (Lipinski definition) is 0. The molecule has 0 aliphatic carbocycles. The third-order valence-corrected chi connectivity index (χ3v) is 1.74. The molecule has 1 aliphatic heterocycles. The van der Waals surface area contributed by atoms with Gasteiger partial charge in [0, 0.05) is 19.7 Å². The lowest BCUT2D eigenvalue weighted by molar-refractivity contribution is 0.560. The highest BCUT2D eigenvalue weighted by Gasteiger charge is 2.14. The first-order valence-electron chi connectivity index (χ1n) is 4.25. The van der Waals surface area contributed by atoms with E-state index in [0.29, 0.717) is 0 Å². The predicted molar refractivity (Wildman–Crippen MR) is 57.1 cm³/mol. The van der Waals surface area contributed by atoms with Crippen LogP contribution in [-0.4, -0.2) is 31.2 Å². The largest absolute Gasteiger partial charge is 0.270 e. The molecule has 0 amide bonds. The summed E-state index contributed by atoms with van der Waals surface area (Å²) in [5, 5.41) is 5.90. The number of rotatable bonds is 1. The average Bonchev–Trinajstić information content (AvgIpc) is 2.42. The number of hydrazone groups is 1. The minimum atomic E-state index is 0.914. The first-order valence-corrected chi connectivity index (χ1v) is 4.25. The molecule has 0 unspecified atom stereocenters. The highest BCUT2D eigenvalue weighted by Crippen LogP contribution is 2.08. The third-order valence-electron chi connectivity index (χ3n) is 1.74. The molecule has 0 saturated carbocycles. The van der Waals surface area contributed by atoms with E-state index in [9.17, 15) is 0 Å². The van der Waals surface area contributed by atoms with Crippen LogP contribution in [0.5, 0.6) is 0 Å². The van der Waals surface area contributed by atoms with Crippen molar-refractivity contribution in [3.8, 4) is 0 Å². The summed E-state index contributed by atoms with van der Waals surface area (Å²) in [4.78, 5) is 4.15. The van der Waals surface area contributed by atoms with Crippen LogP contribution in [0.4, 0.5) is 0 Å². The molecule has 0 radical (unpaired) electrons. The van der Waals surface area contributed by atoms with E-state index >= 15 is 0 Å². The normalized spacial score (nSPS) is 21.7. The minimum absolute atomic E-state index is 0.914. The number of amidine groups is 1. The molecular formula is C10H15N3. The van der Waals surface area contributed by atoms with E-state index in [1.807, 2.05) is 19.3 Å². The van der Waals surface area contributed by atoms with Crippen molar-refractivity contribution in [3.05, 3.63) is 23.3 Å². The van der Waals surface area contributed by atoms with Crippen LogP contribution < -0.4 is 0 Å². The number of allylic oxidation sites excluding steroid dienone is 3. The maximum absolute atomic E-state index is 4.15. The summed E-state index contributed by atoms with van der Waals surface area (Å²) < 4.78 is 0. The Balaban J connectivity index is 2.89. The Kier molecular flexibility index (Phi) is 3.01. The van der Waals surface area contributed by atoms with Crippen LogP contribution in [0.3, 0.4) is 0 Å². The Labute approximate surface area is 79.2 Å². The van der Waals surface area contributed by atoms with Gasteiger partial charge in [0.15, 0.2) is 5.84 Å². The molecule has 1 aliphatic rings. The Morgan fingerprint density at radius 1 is 1.54 bits per heavy atom. The molecule has 0 atom stereocenters. The molecule has 0 N–H and O–H groups in total. The molecule has 0 aromatic rings. The molecule has 0 aromatic carbocycles. The van der Waals surface area contributed by atoms with E-state index in [1.54, 1.807) is 12.1 Å². The highest BCUT2D eigenvalue weighted by molar-refractivity contribution is 6.18. The van der Waals surface area contributed by atoms with Crippen molar-refractivity contribution in [2.24, 2.45) is 10.1 Å². The van der Waals surface area contributed by atoms with Crippen LogP contribution in [0.1, 0.15) is 13.8 Å². The van der Waals surface area contributed by atoms with E-state index in [4.69, 9.17) is 0 Å². The monoisotopic (exact) mass is 177 g/mol. The fourth-order valence-electron chi connectivity index (χ4n) is 1.10. The van der Waals surface area contributed by atoms with Crippen LogP contribution in [-0.2, 0) is 0 Å². The fourth-order valence-corrected chi connectivity index (χ4v) is 1.10. The van der Waals surface area contributed by atoms with Crippen LogP contribution >= 0.6 is 0 Å². The van der Waals surface area contributed by atoms with Crippen molar-refractivity contribution in [1.29, 1.82) is 0 Å². The second kappa shape index (κ2) is 4.03. The predicted octanol–water partition coefficient (Wildman–Crippen LogP) is 1.84. The minimum Gasteiger partial charge on any atom is -0.270 e. The van der Waals surface area contributed by atoms with Gasteiger partial charge in [-0.15, -0.1) is 0 Å². The first kappa shape index (κ1) is 9.71. The molecule has 0 aromatic heterocycles. The highest BCUT2D eigenvalue weighted by atomic mass is 15.5. The summed E-state index contributed by atoms with van der Waals surface area (Å²) in [6.07, 6.45) is 5.91. The van der Waals surface area contributed by atoms with Crippen LogP contribution in [0, 0.1) is 0 Å². The zero-order valence-corrected chi connectivity index (χ0v) is 8.57. The Hall–Kier alpha value is -1.38. The van der Waals surface area contributed by atoms with Gasteiger partial charge in [-0.1, -0.05) is 11.6 Å². The zero-order chi connectivity index (χ0) is 9.84. The Bertz CT molecular complexity index is 304. The second-order valence-electron chi connectivity index (χ2n) is 3.18. The molecule has 0 saturated heterocycles. The van der Waals surface area contributed by atoms with E-state index in [2.05, 4.69) is 30.0 Å². The van der Waals surface area contributed by atoms with Crippen molar-refractivity contribution in [2.75, 3.05) is 14.1 Å². The molecule has 13 heavy (non-hydrogen) atoms. The molecule has 1 rings (SSSR count). The maximum Gasteiger partial charge on any atom is 0.152 e. The van der Waals surface area contributed by atoms with Gasteiger partial charge in [-0.25, -0.2) is 0 Å². The SMILES string of the molecule is CN=C1/C(=C\C=C(C)C)C=NN1C. The zero-order valence-electron chi connectivity index (χ0n) is 8.57. The molecule has 3 heteroatoms. The van der Waals surface area contributed by atoms with E-state index in [-0.39, 0.29) is 0 Å². The van der Waals surface area contributed by atoms with Crippen molar-refractivity contribution >= 4 is 12.1 Å². The summed E-state index contributed by atoms with van der Waals surface area (Å²) in [5.74, 6) is 0.914. The fraction of sp³-hybridized carbons (Fsp3) is 0.400. The standard InChI is InChI=1S/C10H15N3/c1-8(2)5-6-9-7-12-13(4)10(9)11-3/h5-7H,1-4H3/b9-6-,11-10?. The number of nitrogens with zero attached hydrogens (tertiary/aromatic N) is 3. The lowest BCUT2D eigenvalue weighted by atomic mass is 10.2. The number of aliphatic imine (C=N–C) groups is 1. The first-order chi connectivity index (χ1) is 6.15. The maximum atomic E-state index is 4.15. The molecule has 1 heterocycles. The molecule has 70 valence electrons. The van der Waals surface area contributed by atoms with E-state index in [1.165, 1.54) is 5.57 Å². The molecule has 3 nitrogen and oxygen atoms in total. The van der Waals surface area contributed by atoms with Crippen molar-refractivity contribution < 1.29 is 0 Å². The van der Waals surface area contributed by atoms with Gasteiger partial charge < -0.3 is 0 Å². The van der Waals surface area contributed by atoms with Gasteiger partial charge in [0.1, 0.15) is 0 Å². The van der Waals surface area contributed by atoms with Crippen LogP contribution in [0.25, 0.3) is 0 Å². The van der Waals surface area contributed by atoms with Gasteiger partial charge in [-0.2, -0.15) is 5.10 Å². The lowest BCUT2D eigenvalue weighted by Gasteiger charge is -2.06. The quantitative estimate of drug-likeness (QED) is 0.600. The number of likely N-dealkylation sites (N-methyl/N-ethyl adjacent to an activating group) is 1. The van der Waals surface area contributed by atoms with Crippen LogP contribution in [0.15, 0.2) is 33.4 Å². The smallest absolute Gasteiger partial charge is 0.152 e. The molecule has 0 spiro atoms. The topological polar surface area (TPSA) is 28.0 Å². The lowest BCUT2D eigenvalue weighted by Crippen LogP contribution is -2.16. The summed E-state index contributed by atoms with van der Waals surface area (Å²) >= 11 is 0. The summed E-state index contributed by atoms with van der Waals surface area (Å²) in [6.45, 7) is 4.13. The van der Waals surface area contributed by atoms with Gasteiger partial charge in [0.2, 0.25) is 0 Å². The van der Waals surface area contributed by atoms with Crippen molar-refractivity contribution in [1.82, 2.24) is 5.01 Å². The van der Waals surface area contributed by atoms with Gasteiger partial charge >= 0.3 is 0 Å².